The molecule has 0 bridgehead atoms. The molecule has 0 radical (unpaired) electrons. The van der Waals surface area contributed by atoms with Crippen molar-refractivity contribution in [2.24, 2.45) is 0 Å². The number of aromatic nitrogens is 2. The first-order valence-corrected chi connectivity index (χ1v) is 21.1. The van der Waals surface area contributed by atoms with Crippen molar-refractivity contribution in [3.05, 3.63) is 116 Å². The first-order chi connectivity index (χ1) is 26.9. The van der Waals surface area contributed by atoms with E-state index in [4.69, 9.17) is 18.8 Å². The molecule has 10 rings (SSSR count). The number of anilines is 2. The van der Waals surface area contributed by atoms with Crippen LogP contribution in [0.2, 0.25) is 0 Å². The summed E-state index contributed by atoms with van der Waals surface area (Å²) in [6.07, 6.45) is 0.925. The van der Waals surface area contributed by atoms with Gasteiger partial charge in [-0.1, -0.05) is 52.0 Å². The molecule has 10 heteroatoms. The lowest BCUT2D eigenvalue weighted by atomic mass is 9.63. The Labute approximate surface area is 332 Å². The number of rotatable bonds is 6. The van der Waals surface area contributed by atoms with E-state index in [-0.39, 0.29) is 28.0 Å². The van der Waals surface area contributed by atoms with E-state index in [0.29, 0.717) is 32.3 Å². The lowest BCUT2D eigenvalue weighted by Gasteiger charge is -2.51. The summed E-state index contributed by atoms with van der Waals surface area (Å²) < 4.78 is 14.4. The Kier molecular flexibility index (Phi) is 7.90. The summed E-state index contributed by atoms with van der Waals surface area (Å²) in [6, 6.07) is 26.6. The van der Waals surface area contributed by atoms with Crippen molar-refractivity contribution in [3.63, 3.8) is 0 Å². The maximum atomic E-state index is 13.8. The van der Waals surface area contributed by atoms with E-state index in [1.807, 2.05) is 48.5 Å². The van der Waals surface area contributed by atoms with E-state index in [0.717, 1.165) is 80.6 Å². The van der Waals surface area contributed by atoms with Crippen LogP contribution in [0, 0.1) is 0 Å². The molecule has 1 unspecified atom stereocenters. The van der Waals surface area contributed by atoms with Crippen molar-refractivity contribution in [3.8, 4) is 21.1 Å². The van der Waals surface area contributed by atoms with E-state index in [9.17, 15) is 9.59 Å². The lowest BCUT2D eigenvalue weighted by molar-refractivity contribution is 0.361. The van der Waals surface area contributed by atoms with Crippen molar-refractivity contribution in [1.82, 2.24) is 9.97 Å². The van der Waals surface area contributed by atoms with Gasteiger partial charge < -0.3 is 18.6 Å². The number of nitrogens with zero attached hydrogens (tertiary/aromatic N) is 4. The summed E-state index contributed by atoms with van der Waals surface area (Å²) >= 11 is 3.05. The Morgan fingerprint density at radius 2 is 1.52 bits per heavy atom. The van der Waals surface area contributed by atoms with Crippen LogP contribution in [0.1, 0.15) is 70.6 Å². The summed E-state index contributed by atoms with van der Waals surface area (Å²) in [4.78, 5) is 42.1. The highest BCUT2D eigenvalue weighted by atomic mass is 32.1. The van der Waals surface area contributed by atoms with E-state index >= 15 is 0 Å². The molecule has 1 atom stereocenters. The largest absolute Gasteiger partial charge is 0.422 e. The van der Waals surface area contributed by atoms with Crippen LogP contribution in [-0.4, -0.2) is 36.1 Å². The maximum absolute atomic E-state index is 13.8. The molecule has 4 aromatic carbocycles. The van der Waals surface area contributed by atoms with Crippen molar-refractivity contribution in [1.29, 1.82) is 0 Å². The van der Waals surface area contributed by atoms with Crippen LogP contribution < -0.4 is 21.1 Å². The molecule has 8 aromatic rings. The fraction of sp³-hybridized carbons (Fsp3) is 0.304. The van der Waals surface area contributed by atoms with Gasteiger partial charge in [-0.3, -0.25) is 0 Å². The Morgan fingerprint density at radius 3 is 2.30 bits per heavy atom. The van der Waals surface area contributed by atoms with Crippen LogP contribution in [-0.2, 0) is 10.8 Å². The molecular formula is C46H42N4O4S2. The number of thiazole rings is 2. The van der Waals surface area contributed by atoms with Crippen LogP contribution in [0.5, 0.6) is 0 Å². The Hall–Kier alpha value is -5.32. The Bertz CT molecular complexity index is 2990. The topological polar surface area (TPSA) is 92.7 Å². The summed E-state index contributed by atoms with van der Waals surface area (Å²) in [6.45, 7) is 16.9. The highest BCUT2D eigenvalue weighted by Gasteiger charge is 2.47. The summed E-state index contributed by atoms with van der Waals surface area (Å²) in [5.41, 5.74) is 8.49. The van der Waals surface area contributed by atoms with E-state index in [2.05, 4.69) is 81.7 Å². The summed E-state index contributed by atoms with van der Waals surface area (Å²) in [5.74, 6) is 0.0890. The predicted octanol–water partition coefficient (Wildman–Crippen LogP) is 10.9. The van der Waals surface area contributed by atoms with Crippen molar-refractivity contribution >= 4 is 76.4 Å². The van der Waals surface area contributed by atoms with Crippen molar-refractivity contribution in [2.45, 2.75) is 64.7 Å². The van der Waals surface area contributed by atoms with Gasteiger partial charge in [0.2, 0.25) is 0 Å². The van der Waals surface area contributed by atoms with Gasteiger partial charge in [0.25, 0.3) is 0 Å². The predicted molar refractivity (Wildman–Crippen MR) is 231 cm³/mol. The van der Waals surface area contributed by atoms with Crippen molar-refractivity contribution in [2.75, 3.05) is 36.0 Å². The minimum atomic E-state index is -0.381. The molecular weight excluding hydrogens is 737 g/mol. The molecule has 0 amide bonds. The average molecular weight is 779 g/mol. The average Bonchev–Trinajstić information content (AvgIpc) is 3.82. The number of hydrogen-bond acceptors (Lipinski definition) is 10. The Morgan fingerprint density at radius 1 is 0.804 bits per heavy atom. The second-order valence-corrected chi connectivity index (χ2v) is 18.5. The highest BCUT2D eigenvalue weighted by molar-refractivity contribution is 7.22. The third kappa shape index (κ3) is 5.29. The van der Waals surface area contributed by atoms with Crippen LogP contribution in [0.4, 0.5) is 11.4 Å². The smallest absolute Gasteiger partial charge is 0.346 e. The minimum Gasteiger partial charge on any atom is -0.422 e. The van der Waals surface area contributed by atoms with Gasteiger partial charge in [-0.05, 0) is 85.3 Å². The van der Waals surface area contributed by atoms with Gasteiger partial charge in [0, 0.05) is 71.3 Å². The van der Waals surface area contributed by atoms with Gasteiger partial charge in [0.05, 0.1) is 31.6 Å². The van der Waals surface area contributed by atoms with Crippen molar-refractivity contribution < 1.29 is 8.83 Å². The molecule has 0 aliphatic carbocycles. The van der Waals surface area contributed by atoms with Gasteiger partial charge in [-0.2, -0.15) is 0 Å². The van der Waals surface area contributed by atoms with E-state index in [1.165, 1.54) is 33.9 Å². The standard InChI is InChI=1S/C46H42N4O4S2/c1-7-49(8-2)27-17-16-25-20-29(43(51)53-34(25)23-27)42-48-38-28(12-11-15-36(38)56-42)32-24-50-19-18-45(3,4)37-39(50)31(46(32,5)6)22-26-21-30(44(52)54-40(26)37)41-47-33-13-9-10-14-35(33)55-41/h9-17,20-23,32H,7-8,18-19,24H2,1-6H3. The van der Waals surface area contributed by atoms with E-state index < -0.39 is 0 Å². The zero-order valence-electron chi connectivity index (χ0n) is 32.4. The molecule has 2 aliphatic heterocycles. The lowest BCUT2D eigenvalue weighted by Crippen LogP contribution is -2.48. The monoisotopic (exact) mass is 778 g/mol. The molecule has 4 aromatic heterocycles. The molecule has 8 nitrogen and oxygen atoms in total. The van der Waals surface area contributed by atoms with Gasteiger partial charge in [0.15, 0.2) is 0 Å². The zero-order valence-corrected chi connectivity index (χ0v) is 34.0. The van der Waals surface area contributed by atoms with Gasteiger partial charge in [0.1, 0.15) is 21.2 Å². The molecule has 0 saturated heterocycles. The normalized spacial score (nSPS) is 17.2. The van der Waals surface area contributed by atoms with E-state index in [1.54, 1.807) is 0 Å². The first kappa shape index (κ1) is 35.1. The molecule has 56 heavy (non-hydrogen) atoms. The van der Waals surface area contributed by atoms with Crippen LogP contribution in [0.3, 0.4) is 0 Å². The number of para-hydroxylation sites is 2. The quantitative estimate of drug-likeness (QED) is 0.154. The van der Waals surface area contributed by atoms with Crippen LogP contribution in [0.25, 0.3) is 63.5 Å². The first-order valence-electron chi connectivity index (χ1n) is 19.4. The fourth-order valence-electron chi connectivity index (χ4n) is 9.20. The molecule has 0 N–H and O–H groups in total. The van der Waals surface area contributed by atoms with Crippen LogP contribution in [0.15, 0.2) is 97.3 Å². The van der Waals surface area contributed by atoms with Gasteiger partial charge in [-0.25, -0.2) is 19.6 Å². The number of fused-ring (bicyclic) bond motifs is 5. The third-order valence-electron chi connectivity index (χ3n) is 12.4. The zero-order chi connectivity index (χ0) is 38.7. The Balaban J connectivity index is 1.10. The molecule has 0 fully saturated rings. The highest BCUT2D eigenvalue weighted by Crippen LogP contribution is 2.56. The minimum absolute atomic E-state index is 0.0890. The summed E-state index contributed by atoms with van der Waals surface area (Å²) in [7, 11) is 0. The molecule has 0 spiro atoms. The molecule has 2 aliphatic rings. The van der Waals surface area contributed by atoms with Gasteiger partial charge in [-0.15, -0.1) is 22.7 Å². The summed E-state index contributed by atoms with van der Waals surface area (Å²) in [5, 5.41) is 3.12. The molecule has 0 saturated carbocycles. The SMILES string of the molecule is CCN(CC)c1ccc2cc(-c3nc4c(C5CN6CCC(C)(C)c7c6c(cc6cc(-c8nc9ccccc9s8)c(=O)oc76)C5(C)C)cccc4s3)c(=O)oc2c1. The number of hydrogen-bond donors (Lipinski definition) is 0. The maximum Gasteiger partial charge on any atom is 0.346 e. The second-order valence-electron chi connectivity index (χ2n) is 16.4. The fourth-order valence-corrected chi connectivity index (χ4v) is 11.2. The molecule has 282 valence electrons. The number of benzene rings is 4. The second kappa shape index (κ2) is 12.6. The third-order valence-corrected chi connectivity index (χ3v) is 14.5. The van der Waals surface area contributed by atoms with Crippen LogP contribution >= 0.6 is 22.7 Å². The molecule has 6 heterocycles. The van der Waals surface area contributed by atoms with Gasteiger partial charge >= 0.3 is 11.3 Å².